The van der Waals surface area contributed by atoms with Crippen molar-refractivity contribution in [3.63, 3.8) is 0 Å². The molecular formula is C21H24N4O2S. The minimum atomic E-state index is -3.57. The molecule has 1 saturated heterocycles. The smallest absolute Gasteiger partial charge is 0.262 e. The van der Waals surface area contributed by atoms with Gasteiger partial charge in [0.2, 0.25) is 0 Å². The largest absolute Gasteiger partial charge is 0.339 e. The summed E-state index contributed by atoms with van der Waals surface area (Å²) in [6.07, 6.45) is 5.61. The Morgan fingerprint density at radius 3 is 2.68 bits per heavy atom. The van der Waals surface area contributed by atoms with Crippen LogP contribution in [-0.4, -0.2) is 40.3 Å². The molecule has 0 N–H and O–H groups in total. The Kier molecular flexibility index (Phi) is 5.28. The zero-order chi connectivity index (χ0) is 19.6. The summed E-state index contributed by atoms with van der Waals surface area (Å²) in [6, 6.07) is 16.3. The van der Waals surface area contributed by atoms with Crippen LogP contribution in [0.5, 0.6) is 0 Å². The third-order valence-electron chi connectivity index (χ3n) is 5.14. The molecule has 0 unspecified atom stereocenters. The van der Waals surface area contributed by atoms with Gasteiger partial charge in [0, 0.05) is 50.1 Å². The Morgan fingerprint density at radius 1 is 1.11 bits per heavy atom. The predicted octanol–water partition coefficient (Wildman–Crippen LogP) is 2.97. The number of imidazole rings is 1. The highest BCUT2D eigenvalue weighted by Gasteiger charge is 2.32. The van der Waals surface area contributed by atoms with Crippen LogP contribution in [0.3, 0.4) is 0 Å². The van der Waals surface area contributed by atoms with Crippen LogP contribution in [-0.2, 0) is 23.5 Å². The van der Waals surface area contributed by atoms with Crippen molar-refractivity contribution in [1.82, 2.24) is 18.8 Å². The molecule has 0 aliphatic carbocycles. The standard InChI is InChI=1S/C21H24N4O2S/c1-24-15-21(22-16-24)28(26,27)25-12-6-9-18(14-25)20-11-5-10-19(23-20)13-17-7-3-2-4-8-17/h2-5,7-8,10-11,15-16,18H,6,9,12-14H2,1H3/t18-/m0/s1. The van der Waals surface area contributed by atoms with Crippen molar-refractivity contribution in [2.45, 2.75) is 30.2 Å². The molecular weight excluding hydrogens is 372 g/mol. The van der Waals surface area contributed by atoms with Crippen molar-refractivity contribution in [2.24, 2.45) is 7.05 Å². The number of piperidine rings is 1. The lowest BCUT2D eigenvalue weighted by atomic mass is 9.95. The summed E-state index contributed by atoms with van der Waals surface area (Å²) in [6.45, 7) is 0.972. The molecule has 2 aromatic heterocycles. The maximum atomic E-state index is 12.9. The van der Waals surface area contributed by atoms with E-state index in [-0.39, 0.29) is 10.9 Å². The lowest BCUT2D eigenvalue weighted by Gasteiger charge is -2.31. The number of nitrogens with zero attached hydrogens (tertiary/aromatic N) is 4. The van der Waals surface area contributed by atoms with Crippen molar-refractivity contribution in [1.29, 1.82) is 0 Å². The average molecular weight is 397 g/mol. The molecule has 0 spiro atoms. The molecule has 3 aromatic rings. The highest BCUT2D eigenvalue weighted by molar-refractivity contribution is 7.89. The van der Waals surface area contributed by atoms with E-state index in [9.17, 15) is 8.42 Å². The first-order valence-corrected chi connectivity index (χ1v) is 10.9. The van der Waals surface area contributed by atoms with Crippen LogP contribution in [0.25, 0.3) is 0 Å². The molecule has 0 radical (unpaired) electrons. The van der Waals surface area contributed by atoms with Gasteiger partial charge in [0.25, 0.3) is 10.0 Å². The Labute approximate surface area is 165 Å². The van der Waals surface area contributed by atoms with Gasteiger partial charge in [0.05, 0.1) is 6.33 Å². The maximum absolute atomic E-state index is 12.9. The lowest BCUT2D eigenvalue weighted by molar-refractivity contribution is 0.311. The van der Waals surface area contributed by atoms with Gasteiger partial charge < -0.3 is 4.57 Å². The SMILES string of the molecule is Cn1cnc(S(=O)(=O)N2CCC[C@H](c3cccc(Cc4ccccc4)n3)C2)c1. The summed E-state index contributed by atoms with van der Waals surface area (Å²) < 4.78 is 29.0. The zero-order valence-corrected chi connectivity index (χ0v) is 16.7. The van der Waals surface area contributed by atoms with Crippen LogP contribution in [0.15, 0.2) is 66.1 Å². The van der Waals surface area contributed by atoms with E-state index >= 15 is 0 Å². The van der Waals surface area contributed by atoms with Crippen LogP contribution in [0, 0.1) is 0 Å². The molecule has 7 heteroatoms. The molecule has 6 nitrogen and oxygen atoms in total. The van der Waals surface area contributed by atoms with Crippen LogP contribution < -0.4 is 0 Å². The third kappa shape index (κ3) is 4.00. The van der Waals surface area contributed by atoms with Gasteiger partial charge >= 0.3 is 0 Å². The van der Waals surface area contributed by atoms with E-state index in [0.717, 1.165) is 30.7 Å². The Morgan fingerprint density at radius 2 is 1.93 bits per heavy atom. The highest BCUT2D eigenvalue weighted by atomic mass is 32.2. The van der Waals surface area contributed by atoms with E-state index < -0.39 is 10.0 Å². The van der Waals surface area contributed by atoms with E-state index in [0.29, 0.717) is 13.1 Å². The van der Waals surface area contributed by atoms with Gasteiger partial charge in [-0.05, 0) is 30.5 Å². The van der Waals surface area contributed by atoms with Gasteiger partial charge in [-0.2, -0.15) is 4.31 Å². The summed E-state index contributed by atoms with van der Waals surface area (Å²) in [4.78, 5) is 8.88. The van der Waals surface area contributed by atoms with E-state index in [1.54, 1.807) is 22.1 Å². The van der Waals surface area contributed by atoms with E-state index in [4.69, 9.17) is 4.98 Å². The van der Waals surface area contributed by atoms with Gasteiger partial charge in [0.1, 0.15) is 0 Å². The second-order valence-corrected chi connectivity index (χ2v) is 9.18. The van der Waals surface area contributed by atoms with Gasteiger partial charge in [0.15, 0.2) is 5.03 Å². The summed E-state index contributed by atoms with van der Waals surface area (Å²) in [7, 11) is -1.80. The third-order valence-corrected chi connectivity index (χ3v) is 6.90. The second-order valence-electron chi connectivity index (χ2n) is 7.30. The van der Waals surface area contributed by atoms with Gasteiger partial charge in [-0.15, -0.1) is 0 Å². The normalized spacial score (nSPS) is 18.2. The summed E-state index contributed by atoms with van der Waals surface area (Å²) >= 11 is 0. The minimum absolute atomic E-state index is 0.1000. The van der Waals surface area contributed by atoms with Gasteiger partial charge in [-0.1, -0.05) is 36.4 Å². The summed E-state index contributed by atoms with van der Waals surface area (Å²) in [5.41, 5.74) is 3.19. The molecule has 1 atom stereocenters. The lowest BCUT2D eigenvalue weighted by Crippen LogP contribution is -2.39. The fraction of sp³-hybridized carbons (Fsp3) is 0.333. The molecule has 1 fully saturated rings. The Balaban J connectivity index is 1.52. The van der Waals surface area contributed by atoms with E-state index in [2.05, 4.69) is 17.1 Å². The highest BCUT2D eigenvalue weighted by Crippen LogP contribution is 2.29. The molecule has 28 heavy (non-hydrogen) atoms. The van der Waals surface area contributed by atoms with E-state index in [1.165, 1.54) is 11.9 Å². The van der Waals surface area contributed by atoms with Gasteiger partial charge in [-0.25, -0.2) is 13.4 Å². The maximum Gasteiger partial charge on any atom is 0.262 e. The zero-order valence-electron chi connectivity index (χ0n) is 15.9. The van der Waals surface area contributed by atoms with Crippen LogP contribution in [0.2, 0.25) is 0 Å². The fourth-order valence-electron chi connectivity index (χ4n) is 3.69. The number of hydrogen-bond donors (Lipinski definition) is 0. The molecule has 0 bridgehead atoms. The molecule has 3 heterocycles. The summed E-state index contributed by atoms with van der Waals surface area (Å²) in [5, 5.41) is 0.112. The van der Waals surface area contributed by atoms with Crippen LogP contribution in [0.1, 0.15) is 35.7 Å². The number of sulfonamides is 1. The van der Waals surface area contributed by atoms with Crippen molar-refractivity contribution >= 4 is 10.0 Å². The number of aromatic nitrogens is 3. The molecule has 4 rings (SSSR count). The number of hydrogen-bond acceptors (Lipinski definition) is 4. The first kappa shape index (κ1) is 18.8. The Hall–Kier alpha value is -2.51. The van der Waals surface area contributed by atoms with Crippen molar-refractivity contribution < 1.29 is 8.42 Å². The first-order chi connectivity index (χ1) is 13.5. The quantitative estimate of drug-likeness (QED) is 0.665. The molecule has 1 aliphatic rings. The van der Waals surface area contributed by atoms with Crippen LogP contribution >= 0.6 is 0 Å². The topological polar surface area (TPSA) is 68.1 Å². The van der Waals surface area contributed by atoms with Crippen molar-refractivity contribution in [3.8, 4) is 0 Å². The molecule has 0 amide bonds. The van der Waals surface area contributed by atoms with Crippen molar-refractivity contribution in [3.05, 3.63) is 78.0 Å². The van der Waals surface area contributed by atoms with Gasteiger partial charge in [-0.3, -0.25) is 4.98 Å². The number of rotatable bonds is 5. The number of benzene rings is 1. The number of pyridine rings is 1. The monoisotopic (exact) mass is 396 g/mol. The van der Waals surface area contributed by atoms with E-state index in [1.807, 2.05) is 36.4 Å². The number of aryl methyl sites for hydroxylation is 1. The summed E-state index contributed by atoms with van der Waals surface area (Å²) in [5.74, 6) is 0.1000. The van der Waals surface area contributed by atoms with Crippen molar-refractivity contribution in [2.75, 3.05) is 13.1 Å². The minimum Gasteiger partial charge on any atom is -0.339 e. The second kappa shape index (κ2) is 7.85. The fourth-order valence-corrected chi connectivity index (χ4v) is 5.18. The van der Waals surface area contributed by atoms with Crippen LogP contribution in [0.4, 0.5) is 0 Å². The average Bonchev–Trinajstić information content (AvgIpc) is 3.16. The molecule has 146 valence electrons. The molecule has 1 aromatic carbocycles. The first-order valence-electron chi connectivity index (χ1n) is 9.50. The molecule has 1 aliphatic heterocycles. The molecule has 0 saturated carbocycles. The Bertz CT molecular complexity index is 1050. The predicted molar refractivity (Wildman–Crippen MR) is 107 cm³/mol.